The van der Waals surface area contributed by atoms with E-state index in [1.165, 1.54) is 6.07 Å². The van der Waals surface area contributed by atoms with Gasteiger partial charge in [0, 0.05) is 31.1 Å². The van der Waals surface area contributed by atoms with Crippen molar-refractivity contribution in [2.45, 2.75) is 25.6 Å². The molecule has 21 heavy (non-hydrogen) atoms. The minimum absolute atomic E-state index is 0.0552. The minimum Gasteiger partial charge on any atom is -0.396 e. The summed E-state index contributed by atoms with van der Waals surface area (Å²) in [5.41, 5.74) is -0.311. The summed E-state index contributed by atoms with van der Waals surface area (Å²) in [6, 6.07) is 5.08. The standard InChI is InChI=1S/C14H14F3N3O/c15-14(16,17)11-3-1-2-10(6-11)13-19-18-12-5-4-9(8-21)7-20(12)13/h1-3,6,9,21H,4-5,7-8H2. The fourth-order valence-corrected chi connectivity index (χ4v) is 2.59. The third kappa shape index (κ3) is 2.65. The molecule has 2 heterocycles. The van der Waals surface area contributed by atoms with Crippen molar-refractivity contribution in [3.8, 4) is 11.4 Å². The van der Waals surface area contributed by atoms with Crippen LogP contribution in [0.3, 0.4) is 0 Å². The van der Waals surface area contributed by atoms with Crippen molar-refractivity contribution >= 4 is 0 Å². The van der Waals surface area contributed by atoms with E-state index in [4.69, 9.17) is 0 Å². The summed E-state index contributed by atoms with van der Waals surface area (Å²) >= 11 is 0. The van der Waals surface area contributed by atoms with E-state index >= 15 is 0 Å². The molecule has 1 N–H and O–H groups in total. The Labute approximate surface area is 119 Å². The number of benzene rings is 1. The van der Waals surface area contributed by atoms with E-state index in [9.17, 15) is 18.3 Å². The van der Waals surface area contributed by atoms with E-state index in [2.05, 4.69) is 10.2 Å². The highest BCUT2D eigenvalue weighted by atomic mass is 19.4. The zero-order valence-electron chi connectivity index (χ0n) is 11.1. The van der Waals surface area contributed by atoms with Crippen molar-refractivity contribution in [1.82, 2.24) is 14.8 Å². The molecular weight excluding hydrogens is 283 g/mol. The van der Waals surface area contributed by atoms with Crippen LogP contribution in [0.25, 0.3) is 11.4 Å². The van der Waals surface area contributed by atoms with Gasteiger partial charge in [-0.2, -0.15) is 13.2 Å². The number of rotatable bonds is 2. The van der Waals surface area contributed by atoms with Crippen LogP contribution in [0.5, 0.6) is 0 Å². The zero-order valence-corrected chi connectivity index (χ0v) is 11.1. The lowest BCUT2D eigenvalue weighted by Gasteiger charge is -2.22. The maximum atomic E-state index is 12.8. The molecule has 0 radical (unpaired) electrons. The predicted molar refractivity (Wildman–Crippen MR) is 69.4 cm³/mol. The molecule has 3 rings (SSSR count). The van der Waals surface area contributed by atoms with Crippen LogP contribution in [-0.2, 0) is 19.1 Å². The second-order valence-electron chi connectivity index (χ2n) is 5.22. The van der Waals surface area contributed by atoms with E-state index < -0.39 is 11.7 Å². The van der Waals surface area contributed by atoms with Crippen molar-refractivity contribution < 1.29 is 18.3 Å². The number of hydrogen-bond donors (Lipinski definition) is 1. The lowest BCUT2D eigenvalue weighted by Crippen LogP contribution is -2.23. The van der Waals surface area contributed by atoms with Crippen molar-refractivity contribution in [3.05, 3.63) is 35.7 Å². The molecule has 0 amide bonds. The number of aliphatic hydroxyl groups excluding tert-OH is 1. The Morgan fingerprint density at radius 2 is 2.10 bits per heavy atom. The summed E-state index contributed by atoms with van der Waals surface area (Å²) < 4.78 is 40.2. The molecule has 112 valence electrons. The number of fused-ring (bicyclic) bond motifs is 1. The van der Waals surface area contributed by atoms with Gasteiger partial charge in [0.05, 0.1) is 5.56 Å². The molecule has 1 atom stereocenters. The van der Waals surface area contributed by atoms with Gasteiger partial charge in [-0.15, -0.1) is 10.2 Å². The number of halogens is 3. The number of aryl methyl sites for hydroxylation is 1. The molecule has 4 nitrogen and oxygen atoms in total. The van der Waals surface area contributed by atoms with Gasteiger partial charge < -0.3 is 9.67 Å². The molecule has 1 aliphatic rings. The van der Waals surface area contributed by atoms with Crippen molar-refractivity contribution in [3.63, 3.8) is 0 Å². The Morgan fingerprint density at radius 3 is 2.81 bits per heavy atom. The van der Waals surface area contributed by atoms with E-state index in [-0.39, 0.29) is 12.5 Å². The smallest absolute Gasteiger partial charge is 0.396 e. The Morgan fingerprint density at radius 1 is 1.29 bits per heavy atom. The van der Waals surface area contributed by atoms with Crippen LogP contribution in [0.1, 0.15) is 17.8 Å². The van der Waals surface area contributed by atoms with Gasteiger partial charge in [-0.25, -0.2) is 0 Å². The van der Waals surface area contributed by atoms with Crippen molar-refractivity contribution in [2.24, 2.45) is 5.92 Å². The van der Waals surface area contributed by atoms with Gasteiger partial charge in [0.1, 0.15) is 5.82 Å². The van der Waals surface area contributed by atoms with Crippen molar-refractivity contribution in [2.75, 3.05) is 6.61 Å². The molecule has 2 aromatic rings. The van der Waals surface area contributed by atoms with Crippen LogP contribution in [0.15, 0.2) is 24.3 Å². The number of hydrogen-bond acceptors (Lipinski definition) is 3. The van der Waals surface area contributed by atoms with Gasteiger partial charge in [0.25, 0.3) is 0 Å². The number of alkyl halides is 3. The van der Waals surface area contributed by atoms with Gasteiger partial charge in [0.15, 0.2) is 5.82 Å². The van der Waals surface area contributed by atoms with E-state index in [1.54, 1.807) is 10.6 Å². The molecule has 1 aromatic carbocycles. The average Bonchev–Trinajstić information content (AvgIpc) is 2.89. The highest BCUT2D eigenvalue weighted by Crippen LogP contribution is 2.32. The van der Waals surface area contributed by atoms with Gasteiger partial charge in [-0.3, -0.25) is 0 Å². The van der Waals surface area contributed by atoms with Crippen LogP contribution in [0.4, 0.5) is 13.2 Å². The van der Waals surface area contributed by atoms with Crippen LogP contribution < -0.4 is 0 Å². The monoisotopic (exact) mass is 297 g/mol. The first-order chi connectivity index (χ1) is 9.99. The third-order valence-corrected chi connectivity index (χ3v) is 3.75. The van der Waals surface area contributed by atoms with Crippen LogP contribution in [-0.4, -0.2) is 26.5 Å². The van der Waals surface area contributed by atoms with Gasteiger partial charge in [-0.05, 0) is 18.6 Å². The average molecular weight is 297 g/mol. The molecule has 1 unspecified atom stereocenters. The van der Waals surface area contributed by atoms with Gasteiger partial charge in [0.2, 0.25) is 0 Å². The molecule has 0 bridgehead atoms. The molecule has 0 saturated carbocycles. The number of nitrogens with zero attached hydrogens (tertiary/aromatic N) is 3. The minimum atomic E-state index is -4.38. The molecule has 0 saturated heterocycles. The summed E-state index contributed by atoms with van der Waals surface area (Å²) in [4.78, 5) is 0. The molecule has 0 fully saturated rings. The summed E-state index contributed by atoms with van der Waals surface area (Å²) in [7, 11) is 0. The summed E-state index contributed by atoms with van der Waals surface area (Å²) in [5.74, 6) is 1.28. The summed E-state index contributed by atoms with van der Waals surface area (Å²) in [6.45, 7) is 0.587. The highest BCUT2D eigenvalue weighted by molar-refractivity contribution is 5.57. The van der Waals surface area contributed by atoms with Crippen LogP contribution in [0, 0.1) is 5.92 Å². The van der Waals surface area contributed by atoms with Crippen LogP contribution in [0.2, 0.25) is 0 Å². The first-order valence-corrected chi connectivity index (χ1v) is 6.69. The molecule has 0 aliphatic carbocycles. The molecule has 1 aliphatic heterocycles. The SMILES string of the molecule is OCC1CCc2nnc(-c3cccc(C(F)(F)F)c3)n2C1. The Bertz CT molecular complexity index is 651. The quantitative estimate of drug-likeness (QED) is 0.926. The van der Waals surface area contributed by atoms with Gasteiger partial charge in [-0.1, -0.05) is 12.1 Å². The predicted octanol–water partition coefficient (Wildman–Crippen LogP) is 2.52. The fraction of sp³-hybridized carbons (Fsp3) is 0.429. The zero-order chi connectivity index (χ0) is 15.0. The Balaban J connectivity index is 2.01. The lowest BCUT2D eigenvalue weighted by atomic mass is 10.00. The number of aliphatic hydroxyl groups is 1. The first kappa shape index (κ1) is 14.1. The fourth-order valence-electron chi connectivity index (χ4n) is 2.59. The maximum absolute atomic E-state index is 12.8. The number of aromatic nitrogens is 3. The summed E-state index contributed by atoms with van der Waals surface area (Å²) in [5, 5.41) is 17.3. The molecule has 0 spiro atoms. The van der Waals surface area contributed by atoms with Gasteiger partial charge >= 0.3 is 6.18 Å². The van der Waals surface area contributed by atoms with Crippen molar-refractivity contribution in [1.29, 1.82) is 0 Å². The lowest BCUT2D eigenvalue weighted by molar-refractivity contribution is -0.137. The second kappa shape index (κ2) is 5.14. The van der Waals surface area contributed by atoms with E-state index in [0.29, 0.717) is 24.4 Å². The molecule has 1 aromatic heterocycles. The highest BCUT2D eigenvalue weighted by Gasteiger charge is 2.31. The third-order valence-electron chi connectivity index (χ3n) is 3.75. The Hall–Kier alpha value is -1.89. The first-order valence-electron chi connectivity index (χ1n) is 6.69. The maximum Gasteiger partial charge on any atom is 0.416 e. The molecule has 7 heteroatoms. The van der Waals surface area contributed by atoms with E-state index in [1.807, 2.05) is 0 Å². The molecular formula is C14H14F3N3O. The Kier molecular flexibility index (Phi) is 3.44. The van der Waals surface area contributed by atoms with Crippen LogP contribution >= 0.6 is 0 Å². The largest absolute Gasteiger partial charge is 0.416 e. The topological polar surface area (TPSA) is 50.9 Å². The van der Waals surface area contributed by atoms with E-state index in [0.717, 1.165) is 24.4 Å². The second-order valence-corrected chi connectivity index (χ2v) is 5.22. The normalized spacial score (nSPS) is 18.6. The summed E-state index contributed by atoms with van der Waals surface area (Å²) in [6.07, 6.45) is -2.89.